The predicted molar refractivity (Wildman–Crippen MR) is 130 cm³/mol. The van der Waals surface area contributed by atoms with Crippen LogP contribution in [0.25, 0.3) is 11.3 Å². The average molecular weight is 463 g/mol. The van der Waals surface area contributed by atoms with Gasteiger partial charge in [-0.15, -0.1) is 0 Å². The Morgan fingerprint density at radius 2 is 1.82 bits per heavy atom. The van der Waals surface area contributed by atoms with Crippen LogP contribution in [0.3, 0.4) is 0 Å². The lowest BCUT2D eigenvalue weighted by Gasteiger charge is -2.27. The van der Waals surface area contributed by atoms with E-state index in [0.717, 1.165) is 37.3 Å². The van der Waals surface area contributed by atoms with E-state index in [9.17, 15) is 9.59 Å². The summed E-state index contributed by atoms with van der Waals surface area (Å²) in [6.45, 7) is 5.81. The highest BCUT2D eigenvalue weighted by Gasteiger charge is 2.32. The quantitative estimate of drug-likeness (QED) is 0.514. The smallest absolute Gasteiger partial charge is 0.267 e. The minimum Gasteiger partial charge on any atom is -0.476 e. The number of hydrogen-bond donors (Lipinski definition) is 1. The zero-order valence-electron chi connectivity index (χ0n) is 19.6. The summed E-state index contributed by atoms with van der Waals surface area (Å²) in [4.78, 5) is 36.2. The monoisotopic (exact) mass is 462 g/mol. The van der Waals surface area contributed by atoms with Crippen molar-refractivity contribution in [1.29, 1.82) is 0 Å². The molecule has 0 spiro atoms. The van der Waals surface area contributed by atoms with Gasteiger partial charge in [-0.05, 0) is 39.2 Å². The average Bonchev–Trinajstić information content (AvgIpc) is 2.88. The van der Waals surface area contributed by atoms with Crippen molar-refractivity contribution in [3.8, 4) is 17.1 Å². The van der Waals surface area contributed by atoms with Gasteiger partial charge < -0.3 is 15.0 Å². The third-order valence-corrected chi connectivity index (χ3v) is 5.90. The number of rotatable bonds is 8. The summed E-state index contributed by atoms with van der Waals surface area (Å²) < 4.78 is 6.95. The fourth-order valence-electron chi connectivity index (χ4n) is 3.91. The molecule has 0 atom stereocenters. The molecule has 3 aromatic rings. The zero-order chi connectivity index (χ0) is 24.0. The number of nitrogens with one attached hydrogen (secondary N) is 1. The Kier molecular flexibility index (Phi) is 7.20. The van der Waals surface area contributed by atoms with Crippen LogP contribution in [0, 0.1) is 0 Å². The van der Waals surface area contributed by atoms with E-state index in [-0.39, 0.29) is 24.6 Å². The number of hydrogen-bond acceptors (Lipinski definition) is 7. The van der Waals surface area contributed by atoms with E-state index in [4.69, 9.17) is 4.74 Å². The Balaban J connectivity index is 1.35. The summed E-state index contributed by atoms with van der Waals surface area (Å²) in [5.74, 6) is 1.00. The van der Waals surface area contributed by atoms with E-state index in [1.165, 1.54) is 23.5 Å². The van der Waals surface area contributed by atoms with Crippen molar-refractivity contribution >= 4 is 11.7 Å². The molecule has 1 aliphatic heterocycles. The molecule has 1 aliphatic rings. The standard InChI is InChI=1S/C25H30N6O3/c1-25(2,31-23(32)12-11-20(29-31)19-9-5-3-6-10-19)24(33)26-13-16-34-22-17-21(27-18-28-22)30-14-7-4-8-15-30/h3,5-6,9-12,17-18H,4,7-8,13-16H2,1-2H3,(H,26,33). The molecule has 1 amide bonds. The van der Waals surface area contributed by atoms with Crippen molar-refractivity contribution in [3.63, 3.8) is 0 Å². The lowest BCUT2D eigenvalue weighted by atomic mass is 10.0. The molecule has 4 rings (SSSR count). The summed E-state index contributed by atoms with van der Waals surface area (Å²) in [6, 6.07) is 14.5. The number of anilines is 1. The molecule has 9 heteroatoms. The lowest BCUT2D eigenvalue weighted by Crippen LogP contribution is -2.50. The van der Waals surface area contributed by atoms with Crippen LogP contribution in [0.1, 0.15) is 33.1 Å². The molecule has 0 unspecified atom stereocenters. The van der Waals surface area contributed by atoms with Gasteiger partial charge in [-0.1, -0.05) is 30.3 Å². The van der Waals surface area contributed by atoms with Gasteiger partial charge in [-0.2, -0.15) is 5.10 Å². The SMILES string of the molecule is CC(C)(C(=O)NCCOc1cc(N2CCCCC2)ncn1)n1nc(-c2ccccc2)ccc1=O. The maximum Gasteiger partial charge on any atom is 0.267 e. The van der Waals surface area contributed by atoms with Gasteiger partial charge in [0.15, 0.2) is 0 Å². The zero-order valence-corrected chi connectivity index (χ0v) is 19.6. The van der Waals surface area contributed by atoms with Crippen molar-refractivity contribution in [2.75, 3.05) is 31.1 Å². The van der Waals surface area contributed by atoms with Crippen molar-refractivity contribution in [2.45, 2.75) is 38.6 Å². The molecule has 0 radical (unpaired) electrons. The molecule has 34 heavy (non-hydrogen) atoms. The molecule has 0 bridgehead atoms. The predicted octanol–water partition coefficient (Wildman–Crippen LogP) is 2.62. The van der Waals surface area contributed by atoms with E-state index in [2.05, 4.69) is 25.3 Å². The second kappa shape index (κ2) is 10.5. The normalized spacial score (nSPS) is 14.0. The van der Waals surface area contributed by atoms with Gasteiger partial charge >= 0.3 is 0 Å². The van der Waals surface area contributed by atoms with Gasteiger partial charge in [0.1, 0.15) is 24.3 Å². The van der Waals surface area contributed by atoms with Crippen LogP contribution < -0.4 is 20.5 Å². The summed E-state index contributed by atoms with van der Waals surface area (Å²) in [5.41, 5.74) is -0.0345. The molecular formula is C25H30N6O3. The number of aromatic nitrogens is 4. The molecule has 9 nitrogen and oxygen atoms in total. The minimum absolute atomic E-state index is 0.241. The molecule has 2 aromatic heterocycles. The number of piperidine rings is 1. The van der Waals surface area contributed by atoms with Crippen LogP contribution in [-0.2, 0) is 10.3 Å². The van der Waals surface area contributed by atoms with Gasteiger partial charge in [0.25, 0.3) is 5.56 Å². The van der Waals surface area contributed by atoms with Gasteiger partial charge in [-0.3, -0.25) is 9.59 Å². The first-order valence-corrected chi connectivity index (χ1v) is 11.6. The van der Waals surface area contributed by atoms with E-state index in [1.54, 1.807) is 19.9 Å². The minimum atomic E-state index is -1.18. The largest absolute Gasteiger partial charge is 0.476 e. The first-order chi connectivity index (χ1) is 16.4. The Labute approximate surface area is 198 Å². The fourth-order valence-corrected chi connectivity index (χ4v) is 3.91. The number of carbonyl (C=O) groups excluding carboxylic acids is 1. The maximum atomic E-state index is 12.9. The topological polar surface area (TPSA) is 102 Å². The van der Waals surface area contributed by atoms with Crippen LogP contribution in [0.5, 0.6) is 5.88 Å². The lowest BCUT2D eigenvalue weighted by molar-refractivity contribution is -0.129. The molecule has 1 saturated heterocycles. The molecule has 0 saturated carbocycles. The van der Waals surface area contributed by atoms with E-state index in [1.807, 2.05) is 36.4 Å². The van der Waals surface area contributed by atoms with Crippen LogP contribution in [0.2, 0.25) is 0 Å². The molecule has 3 heterocycles. The Hall–Kier alpha value is -3.75. The molecular weight excluding hydrogens is 432 g/mol. The first kappa shape index (κ1) is 23.4. The third-order valence-electron chi connectivity index (χ3n) is 5.90. The summed E-state index contributed by atoms with van der Waals surface area (Å²) >= 11 is 0. The molecule has 1 fully saturated rings. The van der Waals surface area contributed by atoms with Crippen LogP contribution in [-0.4, -0.2) is 51.9 Å². The third kappa shape index (κ3) is 5.41. The Bertz CT molecular complexity index is 1170. The van der Waals surface area contributed by atoms with Gasteiger partial charge in [0.2, 0.25) is 11.8 Å². The van der Waals surface area contributed by atoms with Crippen LogP contribution in [0.4, 0.5) is 5.82 Å². The molecule has 178 valence electrons. The number of amides is 1. The van der Waals surface area contributed by atoms with E-state index < -0.39 is 5.54 Å². The molecule has 1 aromatic carbocycles. The Morgan fingerprint density at radius 1 is 1.06 bits per heavy atom. The second-order valence-corrected chi connectivity index (χ2v) is 8.76. The Morgan fingerprint density at radius 3 is 2.59 bits per heavy atom. The highest BCUT2D eigenvalue weighted by Crippen LogP contribution is 2.20. The summed E-state index contributed by atoms with van der Waals surface area (Å²) in [6.07, 6.45) is 5.07. The maximum absolute atomic E-state index is 12.9. The molecule has 1 N–H and O–H groups in total. The number of ether oxygens (including phenoxy) is 1. The first-order valence-electron chi connectivity index (χ1n) is 11.6. The summed E-state index contributed by atoms with van der Waals surface area (Å²) in [5, 5.41) is 7.29. The van der Waals surface area contributed by atoms with Crippen molar-refractivity contribution in [3.05, 3.63) is 65.2 Å². The highest BCUT2D eigenvalue weighted by atomic mass is 16.5. The molecule has 0 aliphatic carbocycles. The number of nitrogens with zero attached hydrogens (tertiary/aromatic N) is 5. The number of carbonyl (C=O) groups is 1. The summed E-state index contributed by atoms with van der Waals surface area (Å²) in [7, 11) is 0. The van der Waals surface area contributed by atoms with Gasteiger partial charge in [0.05, 0.1) is 12.2 Å². The second-order valence-electron chi connectivity index (χ2n) is 8.76. The van der Waals surface area contributed by atoms with E-state index >= 15 is 0 Å². The van der Waals surface area contributed by atoms with Crippen LogP contribution in [0.15, 0.2) is 59.7 Å². The highest BCUT2D eigenvalue weighted by molar-refractivity contribution is 5.83. The van der Waals surface area contributed by atoms with E-state index in [0.29, 0.717) is 11.6 Å². The van der Waals surface area contributed by atoms with Gasteiger partial charge in [0, 0.05) is 30.8 Å². The van der Waals surface area contributed by atoms with Crippen molar-refractivity contribution < 1.29 is 9.53 Å². The van der Waals surface area contributed by atoms with Crippen molar-refractivity contribution in [1.82, 2.24) is 25.1 Å². The van der Waals surface area contributed by atoms with Crippen LogP contribution >= 0.6 is 0 Å². The number of benzene rings is 1. The van der Waals surface area contributed by atoms with Crippen molar-refractivity contribution in [2.24, 2.45) is 0 Å². The van der Waals surface area contributed by atoms with Gasteiger partial charge in [-0.25, -0.2) is 14.6 Å². The fraction of sp³-hybridized carbons (Fsp3) is 0.400.